The van der Waals surface area contributed by atoms with Gasteiger partial charge in [-0.2, -0.15) is 0 Å². The molecule has 104 valence electrons. The molecule has 0 aliphatic carbocycles. The quantitative estimate of drug-likeness (QED) is 0.931. The standard InChI is InChI=1S/C15H13F2NO2/c1-10-6-7-12(17)14(8-10)20-9-15(19)18-13-5-3-2-4-11(13)16/h2-8H,9H2,1H3,(H,18,19). The Kier molecular flexibility index (Phi) is 4.30. The van der Waals surface area contributed by atoms with Crippen molar-refractivity contribution < 1.29 is 18.3 Å². The van der Waals surface area contributed by atoms with Gasteiger partial charge >= 0.3 is 0 Å². The molecule has 0 radical (unpaired) electrons. The van der Waals surface area contributed by atoms with Gasteiger partial charge in [-0.05, 0) is 36.8 Å². The van der Waals surface area contributed by atoms with E-state index in [4.69, 9.17) is 4.74 Å². The first-order valence-electron chi connectivity index (χ1n) is 5.99. The fraction of sp³-hybridized carbons (Fsp3) is 0.133. The van der Waals surface area contributed by atoms with Crippen LogP contribution in [0.3, 0.4) is 0 Å². The number of carbonyl (C=O) groups excluding carboxylic acids is 1. The molecule has 2 rings (SSSR count). The van der Waals surface area contributed by atoms with Gasteiger partial charge in [-0.3, -0.25) is 4.79 Å². The summed E-state index contributed by atoms with van der Waals surface area (Å²) in [6, 6.07) is 10.1. The van der Waals surface area contributed by atoms with Gasteiger partial charge in [-0.1, -0.05) is 18.2 Å². The van der Waals surface area contributed by atoms with Gasteiger partial charge in [0.2, 0.25) is 0 Å². The van der Waals surface area contributed by atoms with E-state index in [1.165, 1.54) is 30.3 Å². The van der Waals surface area contributed by atoms with Gasteiger partial charge in [-0.25, -0.2) is 8.78 Å². The Morgan fingerprint density at radius 1 is 1.15 bits per heavy atom. The molecule has 2 aromatic carbocycles. The van der Waals surface area contributed by atoms with Crippen molar-refractivity contribution in [2.45, 2.75) is 6.92 Å². The second kappa shape index (κ2) is 6.14. The third kappa shape index (κ3) is 3.54. The normalized spacial score (nSPS) is 10.2. The van der Waals surface area contributed by atoms with Crippen LogP contribution >= 0.6 is 0 Å². The van der Waals surface area contributed by atoms with Gasteiger partial charge in [0.15, 0.2) is 18.2 Å². The minimum atomic E-state index is -0.559. The largest absolute Gasteiger partial charge is 0.481 e. The molecule has 0 unspecified atom stereocenters. The van der Waals surface area contributed by atoms with Gasteiger partial charge in [0.25, 0.3) is 5.91 Å². The Labute approximate surface area is 115 Å². The van der Waals surface area contributed by atoms with E-state index >= 15 is 0 Å². The number of aryl methyl sites for hydroxylation is 1. The zero-order valence-corrected chi connectivity index (χ0v) is 10.8. The first-order valence-corrected chi connectivity index (χ1v) is 5.99. The van der Waals surface area contributed by atoms with E-state index in [-0.39, 0.29) is 11.4 Å². The number of para-hydroxylation sites is 1. The molecule has 0 heterocycles. The van der Waals surface area contributed by atoms with Crippen LogP contribution in [0.2, 0.25) is 0 Å². The van der Waals surface area contributed by atoms with Crippen LogP contribution in [-0.4, -0.2) is 12.5 Å². The lowest BCUT2D eigenvalue weighted by Gasteiger charge is -2.09. The van der Waals surface area contributed by atoms with Crippen LogP contribution in [0.5, 0.6) is 5.75 Å². The molecule has 0 spiro atoms. The zero-order valence-electron chi connectivity index (χ0n) is 10.8. The average molecular weight is 277 g/mol. The highest BCUT2D eigenvalue weighted by atomic mass is 19.1. The molecule has 0 atom stereocenters. The van der Waals surface area contributed by atoms with Crippen LogP contribution in [0.15, 0.2) is 42.5 Å². The topological polar surface area (TPSA) is 38.3 Å². The van der Waals surface area contributed by atoms with Crippen LogP contribution in [0.4, 0.5) is 14.5 Å². The van der Waals surface area contributed by atoms with E-state index in [1.807, 2.05) is 0 Å². The van der Waals surface area contributed by atoms with E-state index in [1.54, 1.807) is 19.1 Å². The summed E-state index contributed by atoms with van der Waals surface area (Å²) in [4.78, 5) is 11.6. The maximum atomic E-state index is 13.4. The minimum absolute atomic E-state index is 0.00585. The van der Waals surface area contributed by atoms with Crippen LogP contribution in [0.1, 0.15) is 5.56 Å². The Morgan fingerprint density at radius 2 is 1.90 bits per heavy atom. The van der Waals surface area contributed by atoms with Gasteiger partial charge in [0, 0.05) is 0 Å². The number of hydrogen-bond acceptors (Lipinski definition) is 2. The maximum Gasteiger partial charge on any atom is 0.262 e. The maximum absolute atomic E-state index is 13.4. The number of ether oxygens (including phenoxy) is 1. The minimum Gasteiger partial charge on any atom is -0.481 e. The van der Waals surface area contributed by atoms with Crippen molar-refractivity contribution in [3.8, 4) is 5.75 Å². The van der Waals surface area contributed by atoms with Crippen LogP contribution in [-0.2, 0) is 4.79 Å². The lowest BCUT2D eigenvalue weighted by Crippen LogP contribution is -2.21. The fourth-order valence-corrected chi connectivity index (χ4v) is 1.61. The van der Waals surface area contributed by atoms with E-state index in [9.17, 15) is 13.6 Å². The van der Waals surface area contributed by atoms with E-state index < -0.39 is 24.1 Å². The number of halogens is 2. The van der Waals surface area contributed by atoms with Crippen molar-refractivity contribution in [2.75, 3.05) is 11.9 Å². The molecule has 0 saturated carbocycles. The molecule has 1 N–H and O–H groups in total. The summed E-state index contributed by atoms with van der Waals surface area (Å²) in [6.45, 7) is 1.39. The number of rotatable bonds is 4. The molecule has 0 fully saturated rings. The summed E-state index contributed by atoms with van der Waals surface area (Å²) in [5, 5.41) is 2.35. The molecule has 5 heteroatoms. The van der Waals surface area contributed by atoms with Crippen LogP contribution < -0.4 is 10.1 Å². The summed E-state index contributed by atoms with van der Waals surface area (Å²) in [7, 11) is 0. The Morgan fingerprint density at radius 3 is 2.65 bits per heavy atom. The third-order valence-corrected chi connectivity index (χ3v) is 2.59. The lowest BCUT2D eigenvalue weighted by molar-refractivity contribution is -0.118. The van der Waals surface area contributed by atoms with Crippen molar-refractivity contribution in [1.29, 1.82) is 0 Å². The van der Waals surface area contributed by atoms with Crippen molar-refractivity contribution in [1.82, 2.24) is 0 Å². The van der Waals surface area contributed by atoms with Crippen molar-refractivity contribution in [3.63, 3.8) is 0 Å². The van der Waals surface area contributed by atoms with Crippen LogP contribution in [0, 0.1) is 18.6 Å². The third-order valence-electron chi connectivity index (χ3n) is 2.59. The Balaban J connectivity index is 1.96. The average Bonchev–Trinajstić information content (AvgIpc) is 2.42. The Hall–Kier alpha value is -2.43. The number of benzene rings is 2. The second-order valence-corrected chi connectivity index (χ2v) is 4.25. The number of anilines is 1. The first-order chi connectivity index (χ1) is 9.56. The molecule has 0 bridgehead atoms. The van der Waals surface area contributed by atoms with Crippen molar-refractivity contribution in [2.24, 2.45) is 0 Å². The molecule has 0 aliphatic heterocycles. The summed E-state index contributed by atoms with van der Waals surface area (Å²) in [5.41, 5.74) is 0.877. The highest BCUT2D eigenvalue weighted by Gasteiger charge is 2.09. The summed E-state index contributed by atoms with van der Waals surface area (Å²) < 4.78 is 31.8. The van der Waals surface area contributed by atoms with Gasteiger partial charge in [0.1, 0.15) is 5.82 Å². The molecule has 0 aromatic heterocycles. The molecule has 1 amide bonds. The molecule has 2 aromatic rings. The highest BCUT2D eigenvalue weighted by molar-refractivity contribution is 5.91. The summed E-state index contributed by atoms with van der Waals surface area (Å²) in [6.07, 6.45) is 0. The van der Waals surface area contributed by atoms with Gasteiger partial charge in [0.05, 0.1) is 5.69 Å². The molecule has 3 nitrogen and oxygen atoms in total. The SMILES string of the molecule is Cc1ccc(F)c(OCC(=O)Nc2ccccc2F)c1. The smallest absolute Gasteiger partial charge is 0.262 e. The number of amides is 1. The number of hydrogen-bond donors (Lipinski definition) is 1. The molecule has 0 saturated heterocycles. The molecule has 20 heavy (non-hydrogen) atoms. The monoisotopic (exact) mass is 277 g/mol. The van der Waals surface area contributed by atoms with Crippen molar-refractivity contribution in [3.05, 3.63) is 59.7 Å². The molecule has 0 aliphatic rings. The Bertz CT molecular complexity index is 629. The zero-order chi connectivity index (χ0) is 14.5. The lowest BCUT2D eigenvalue weighted by atomic mass is 10.2. The van der Waals surface area contributed by atoms with E-state index in [0.717, 1.165) is 5.56 Å². The first kappa shape index (κ1) is 14.0. The van der Waals surface area contributed by atoms with Crippen LogP contribution in [0.25, 0.3) is 0 Å². The number of carbonyl (C=O) groups is 1. The highest BCUT2D eigenvalue weighted by Crippen LogP contribution is 2.18. The van der Waals surface area contributed by atoms with Crippen molar-refractivity contribution >= 4 is 11.6 Å². The predicted octanol–water partition coefficient (Wildman–Crippen LogP) is 3.29. The van der Waals surface area contributed by atoms with E-state index in [0.29, 0.717) is 0 Å². The summed E-state index contributed by atoms with van der Waals surface area (Å²) in [5.74, 6) is -1.65. The second-order valence-electron chi connectivity index (χ2n) is 4.25. The molecular formula is C15H13F2NO2. The van der Waals surface area contributed by atoms with Gasteiger partial charge < -0.3 is 10.1 Å². The van der Waals surface area contributed by atoms with E-state index in [2.05, 4.69) is 5.32 Å². The fourth-order valence-electron chi connectivity index (χ4n) is 1.61. The van der Waals surface area contributed by atoms with Gasteiger partial charge in [-0.15, -0.1) is 0 Å². The summed E-state index contributed by atoms with van der Waals surface area (Å²) >= 11 is 0. The molecular weight excluding hydrogens is 264 g/mol. The predicted molar refractivity (Wildman–Crippen MR) is 71.7 cm³/mol. The number of nitrogens with one attached hydrogen (secondary N) is 1.